The van der Waals surface area contributed by atoms with Crippen LogP contribution in [-0.2, 0) is 7.05 Å². The number of aromatic nitrogens is 4. The van der Waals surface area contributed by atoms with E-state index in [1.54, 1.807) is 18.6 Å². The van der Waals surface area contributed by atoms with Crippen molar-refractivity contribution in [2.45, 2.75) is 0 Å². The average molecular weight is 265 g/mol. The van der Waals surface area contributed by atoms with Crippen molar-refractivity contribution in [3.05, 3.63) is 55.1 Å². The van der Waals surface area contributed by atoms with Gasteiger partial charge in [0, 0.05) is 44.6 Å². The SMILES string of the molecule is CN(c1ccccc1)c1ncc(-c2nccn2C)cn1. The van der Waals surface area contributed by atoms with Gasteiger partial charge in [-0.3, -0.25) is 0 Å². The number of aryl methyl sites for hydroxylation is 1. The maximum Gasteiger partial charge on any atom is 0.229 e. The number of hydrogen-bond donors (Lipinski definition) is 0. The molecule has 0 amide bonds. The van der Waals surface area contributed by atoms with E-state index in [1.165, 1.54) is 0 Å². The van der Waals surface area contributed by atoms with E-state index in [-0.39, 0.29) is 0 Å². The molecule has 0 aliphatic heterocycles. The van der Waals surface area contributed by atoms with Crippen LogP contribution in [0.2, 0.25) is 0 Å². The van der Waals surface area contributed by atoms with Crippen molar-refractivity contribution in [2.24, 2.45) is 7.05 Å². The van der Waals surface area contributed by atoms with Gasteiger partial charge >= 0.3 is 0 Å². The highest BCUT2D eigenvalue weighted by Gasteiger charge is 2.08. The van der Waals surface area contributed by atoms with Crippen LogP contribution >= 0.6 is 0 Å². The fourth-order valence-corrected chi connectivity index (χ4v) is 2.02. The van der Waals surface area contributed by atoms with Crippen molar-refractivity contribution >= 4 is 11.6 Å². The monoisotopic (exact) mass is 265 g/mol. The predicted molar refractivity (Wildman–Crippen MR) is 78.7 cm³/mol. The molecule has 0 atom stereocenters. The Balaban J connectivity index is 1.89. The van der Waals surface area contributed by atoms with E-state index in [9.17, 15) is 0 Å². The second kappa shape index (κ2) is 5.13. The maximum atomic E-state index is 4.41. The highest BCUT2D eigenvalue weighted by Crippen LogP contribution is 2.21. The molecule has 3 aromatic rings. The highest BCUT2D eigenvalue weighted by atomic mass is 15.2. The molecule has 1 aromatic carbocycles. The van der Waals surface area contributed by atoms with Gasteiger partial charge in [-0.2, -0.15) is 0 Å². The summed E-state index contributed by atoms with van der Waals surface area (Å²) < 4.78 is 1.94. The average Bonchev–Trinajstić information content (AvgIpc) is 2.94. The van der Waals surface area contributed by atoms with Crippen LogP contribution in [0.4, 0.5) is 11.6 Å². The molecule has 0 bridgehead atoms. The second-order valence-electron chi connectivity index (χ2n) is 4.53. The van der Waals surface area contributed by atoms with Crippen LogP contribution in [0.3, 0.4) is 0 Å². The molecule has 0 aliphatic rings. The molecule has 0 aliphatic carbocycles. The second-order valence-corrected chi connectivity index (χ2v) is 4.53. The summed E-state index contributed by atoms with van der Waals surface area (Å²) in [6.45, 7) is 0. The molecule has 0 saturated carbocycles. The first-order valence-electron chi connectivity index (χ1n) is 6.34. The molecule has 2 heterocycles. The van der Waals surface area contributed by atoms with Gasteiger partial charge in [0.15, 0.2) is 0 Å². The Hall–Kier alpha value is -2.69. The number of anilines is 2. The zero-order valence-corrected chi connectivity index (χ0v) is 11.4. The van der Waals surface area contributed by atoms with Crippen LogP contribution in [-0.4, -0.2) is 26.6 Å². The van der Waals surface area contributed by atoms with Crippen LogP contribution in [0.5, 0.6) is 0 Å². The third-order valence-corrected chi connectivity index (χ3v) is 3.16. The van der Waals surface area contributed by atoms with E-state index in [4.69, 9.17) is 0 Å². The van der Waals surface area contributed by atoms with Crippen molar-refractivity contribution in [1.82, 2.24) is 19.5 Å². The number of para-hydroxylation sites is 1. The molecule has 5 nitrogen and oxygen atoms in total. The van der Waals surface area contributed by atoms with Crippen LogP contribution in [0, 0.1) is 0 Å². The lowest BCUT2D eigenvalue weighted by Crippen LogP contribution is -2.12. The van der Waals surface area contributed by atoms with Crippen LogP contribution in [0.25, 0.3) is 11.4 Å². The lowest BCUT2D eigenvalue weighted by Gasteiger charge is -2.16. The van der Waals surface area contributed by atoms with Crippen LogP contribution < -0.4 is 4.90 Å². The Labute approximate surface area is 117 Å². The minimum Gasteiger partial charge on any atom is -0.334 e. The van der Waals surface area contributed by atoms with E-state index in [0.29, 0.717) is 5.95 Å². The summed E-state index contributed by atoms with van der Waals surface area (Å²) in [5.41, 5.74) is 1.96. The topological polar surface area (TPSA) is 46.8 Å². The van der Waals surface area contributed by atoms with Gasteiger partial charge in [-0.1, -0.05) is 18.2 Å². The molecule has 0 saturated heterocycles. The largest absolute Gasteiger partial charge is 0.334 e. The maximum absolute atomic E-state index is 4.41. The van der Waals surface area contributed by atoms with Gasteiger partial charge in [-0.25, -0.2) is 15.0 Å². The third-order valence-electron chi connectivity index (χ3n) is 3.16. The normalized spacial score (nSPS) is 10.5. The summed E-state index contributed by atoms with van der Waals surface area (Å²) in [7, 11) is 3.90. The Morgan fingerprint density at radius 2 is 1.70 bits per heavy atom. The van der Waals surface area contributed by atoms with E-state index in [1.807, 2.05) is 60.1 Å². The molecule has 0 radical (unpaired) electrons. The molecule has 20 heavy (non-hydrogen) atoms. The highest BCUT2D eigenvalue weighted by molar-refractivity contribution is 5.58. The lowest BCUT2D eigenvalue weighted by atomic mass is 10.3. The fraction of sp³-hybridized carbons (Fsp3) is 0.133. The summed E-state index contributed by atoms with van der Waals surface area (Å²) in [4.78, 5) is 15.1. The molecule has 5 heteroatoms. The predicted octanol–water partition coefficient (Wildman–Crippen LogP) is 2.65. The van der Waals surface area contributed by atoms with Crippen molar-refractivity contribution in [2.75, 3.05) is 11.9 Å². The minimum absolute atomic E-state index is 0.661. The van der Waals surface area contributed by atoms with Crippen molar-refractivity contribution in [1.29, 1.82) is 0 Å². The van der Waals surface area contributed by atoms with Crippen molar-refractivity contribution < 1.29 is 0 Å². The van der Waals surface area contributed by atoms with Gasteiger partial charge in [-0.05, 0) is 12.1 Å². The van der Waals surface area contributed by atoms with Crippen LogP contribution in [0.15, 0.2) is 55.1 Å². The molecule has 0 spiro atoms. The quantitative estimate of drug-likeness (QED) is 0.730. The Morgan fingerprint density at radius 1 is 1.00 bits per heavy atom. The van der Waals surface area contributed by atoms with Gasteiger partial charge in [-0.15, -0.1) is 0 Å². The molecule has 100 valence electrons. The Bertz CT molecular complexity index is 688. The molecule has 0 unspecified atom stereocenters. The Morgan fingerprint density at radius 3 is 2.30 bits per heavy atom. The number of rotatable bonds is 3. The lowest BCUT2D eigenvalue weighted by molar-refractivity contribution is 0.919. The standard InChI is InChI=1S/C15H15N5/c1-19-9-8-16-14(19)12-10-17-15(18-11-12)20(2)13-6-4-3-5-7-13/h3-11H,1-2H3. The fourth-order valence-electron chi connectivity index (χ4n) is 2.02. The zero-order chi connectivity index (χ0) is 13.9. The number of imidazole rings is 1. The van der Waals surface area contributed by atoms with Gasteiger partial charge < -0.3 is 9.47 Å². The summed E-state index contributed by atoms with van der Waals surface area (Å²) in [6.07, 6.45) is 7.26. The van der Waals surface area contributed by atoms with E-state index < -0.39 is 0 Å². The van der Waals surface area contributed by atoms with Gasteiger partial charge in [0.05, 0.1) is 5.56 Å². The van der Waals surface area contributed by atoms with E-state index >= 15 is 0 Å². The molecule has 2 aromatic heterocycles. The van der Waals surface area contributed by atoms with E-state index in [2.05, 4.69) is 15.0 Å². The molecule has 0 fully saturated rings. The molecular formula is C15H15N5. The summed E-state index contributed by atoms with van der Waals surface area (Å²) >= 11 is 0. The first-order valence-corrected chi connectivity index (χ1v) is 6.34. The third kappa shape index (κ3) is 2.25. The zero-order valence-electron chi connectivity index (χ0n) is 11.4. The Kier molecular flexibility index (Phi) is 3.16. The minimum atomic E-state index is 0.661. The molecule has 3 rings (SSSR count). The number of hydrogen-bond acceptors (Lipinski definition) is 4. The number of benzene rings is 1. The van der Waals surface area contributed by atoms with Crippen LogP contribution in [0.1, 0.15) is 0 Å². The van der Waals surface area contributed by atoms with Crippen molar-refractivity contribution in [3.8, 4) is 11.4 Å². The molecule has 0 N–H and O–H groups in total. The van der Waals surface area contributed by atoms with Crippen molar-refractivity contribution in [3.63, 3.8) is 0 Å². The summed E-state index contributed by atoms with van der Waals surface area (Å²) in [5, 5.41) is 0. The summed E-state index contributed by atoms with van der Waals surface area (Å²) in [5.74, 6) is 1.52. The first-order chi connectivity index (χ1) is 9.75. The molecular weight excluding hydrogens is 250 g/mol. The number of nitrogens with zero attached hydrogens (tertiary/aromatic N) is 5. The smallest absolute Gasteiger partial charge is 0.229 e. The van der Waals surface area contributed by atoms with Gasteiger partial charge in [0.1, 0.15) is 5.82 Å². The van der Waals surface area contributed by atoms with Gasteiger partial charge in [0.25, 0.3) is 0 Å². The first kappa shape index (κ1) is 12.3. The summed E-state index contributed by atoms with van der Waals surface area (Å²) in [6, 6.07) is 10.0. The van der Waals surface area contributed by atoms with E-state index in [0.717, 1.165) is 17.1 Å². The van der Waals surface area contributed by atoms with Gasteiger partial charge in [0.2, 0.25) is 5.95 Å².